The summed E-state index contributed by atoms with van der Waals surface area (Å²) in [5.74, 6) is -0.499. The molecule has 2 aromatic rings. The Bertz CT molecular complexity index is 874. The Kier molecular flexibility index (Phi) is 6.24. The van der Waals surface area contributed by atoms with Gasteiger partial charge in [-0.05, 0) is 38.0 Å². The molecule has 0 saturated carbocycles. The molecule has 2 rings (SSSR count). The Morgan fingerprint density at radius 3 is 2.37 bits per heavy atom. The Morgan fingerprint density at radius 2 is 1.85 bits per heavy atom. The molecular weight excluding hydrogens is 365 g/mol. The first kappa shape index (κ1) is 20.5. The van der Waals surface area contributed by atoms with Crippen molar-refractivity contribution in [3.63, 3.8) is 0 Å². The fourth-order valence-corrected chi connectivity index (χ4v) is 2.61. The molecule has 6 nitrogen and oxygen atoms in total. The van der Waals surface area contributed by atoms with Crippen LogP contribution in [0.3, 0.4) is 0 Å². The standard InChI is InChI=1S/C18H19F3N2O4/c1-4-27-16(24)14-11(2)23(17(25)22-15(14)18(19,20)21)10-9-12-5-7-13(26-3)8-6-12/h5-8H,4,9-10H2,1-3H3. The molecule has 0 bridgehead atoms. The van der Waals surface area contributed by atoms with Gasteiger partial charge in [-0.25, -0.2) is 9.59 Å². The van der Waals surface area contributed by atoms with Gasteiger partial charge in [0.05, 0.1) is 13.7 Å². The largest absolute Gasteiger partial charge is 0.497 e. The molecule has 1 aromatic carbocycles. The van der Waals surface area contributed by atoms with Crippen LogP contribution in [0.1, 0.15) is 34.2 Å². The van der Waals surface area contributed by atoms with E-state index in [1.807, 2.05) is 0 Å². The van der Waals surface area contributed by atoms with Crippen molar-refractivity contribution in [3.05, 3.63) is 57.3 Å². The average Bonchev–Trinajstić information content (AvgIpc) is 2.60. The number of benzene rings is 1. The van der Waals surface area contributed by atoms with Crippen molar-refractivity contribution in [2.75, 3.05) is 13.7 Å². The van der Waals surface area contributed by atoms with Crippen LogP contribution in [0.15, 0.2) is 29.1 Å². The molecule has 27 heavy (non-hydrogen) atoms. The van der Waals surface area contributed by atoms with Gasteiger partial charge in [-0.15, -0.1) is 0 Å². The maximum Gasteiger partial charge on any atom is 0.434 e. The highest BCUT2D eigenvalue weighted by Crippen LogP contribution is 2.31. The van der Waals surface area contributed by atoms with E-state index < -0.39 is 29.1 Å². The molecule has 0 amide bonds. The van der Waals surface area contributed by atoms with Crippen LogP contribution in [0.4, 0.5) is 13.2 Å². The number of carbonyl (C=O) groups excluding carboxylic acids is 1. The van der Waals surface area contributed by atoms with Crippen molar-refractivity contribution in [1.29, 1.82) is 0 Å². The number of halogens is 3. The Balaban J connectivity index is 2.42. The van der Waals surface area contributed by atoms with Crippen LogP contribution in [0.5, 0.6) is 5.75 Å². The van der Waals surface area contributed by atoms with E-state index in [0.29, 0.717) is 12.2 Å². The van der Waals surface area contributed by atoms with Gasteiger partial charge in [0.25, 0.3) is 0 Å². The van der Waals surface area contributed by atoms with Crippen LogP contribution in [0.2, 0.25) is 0 Å². The maximum atomic E-state index is 13.2. The smallest absolute Gasteiger partial charge is 0.434 e. The monoisotopic (exact) mass is 384 g/mol. The van der Waals surface area contributed by atoms with E-state index in [0.717, 1.165) is 10.1 Å². The Hall–Kier alpha value is -2.84. The number of alkyl halides is 3. The molecule has 0 unspecified atom stereocenters. The summed E-state index contributed by atoms with van der Waals surface area (Å²) in [6.07, 6.45) is -4.58. The minimum atomic E-state index is -4.94. The highest BCUT2D eigenvalue weighted by atomic mass is 19.4. The van der Waals surface area contributed by atoms with E-state index in [9.17, 15) is 22.8 Å². The minimum Gasteiger partial charge on any atom is -0.497 e. The Labute approximate surface area is 153 Å². The molecule has 146 valence electrons. The maximum absolute atomic E-state index is 13.2. The first-order chi connectivity index (χ1) is 12.7. The third-order valence-corrected chi connectivity index (χ3v) is 3.97. The summed E-state index contributed by atoms with van der Waals surface area (Å²) < 4.78 is 50.5. The quantitative estimate of drug-likeness (QED) is 0.716. The van der Waals surface area contributed by atoms with Crippen molar-refractivity contribution in [2.24, 2.45) is 0 Å². The zero-order valence-corrected chi connectivity index (χ0v) is 15.1. The lowest BCUT2D eigenvalue weighted by Crippen LogP contribution is -2.33. The number of methoxy groups -OCH3 is 1. The average molecular weight is 384 g/mol. The summed E-state index contributed by atoms with van der Waals surface area (Å²) in [7, 11) is 1.53. The van der Waals surface area contributed by atoms with Gasteiger partial charge in [0.15, 0.2) is 5.69 Å². The normalized spacial score (nSPS) is 11.3. The van der Waals surface area contributed by atoms with Crippen molar-refractivity contribution < 1.29 is 27.4 Å². The number of esters is 1. The third kappa shape index (κ3) is 4.66. The van der Waals surface area contributed by atoms with E-state index in [-0.39, 0.29) is 18.8 Å². The number of carbonyl (C=O) groups is 1. The van der Waals surface area contributed by atoms with Crippen molar-refractivity contribution in [2.45, 2.75) is 33.0 Å². The summed E-state index contributed by atoms with van der Waals surface area (Å²) in [6.45, 7) is 2.72. The zero-order valence-electron chi connectivity index (χ0n) is 15.1. The molecule has 0 aliphatic carbocycles. The third-order valence-electron chi connectivity index (χ3n) is 3.97. The van der Waals surface area contributed by atoms with Crippen LogP contribution < -0.4 is 10.4 Å². The summed E-state index contributed by atoms with van der Waals surface area (Å²) >= 11 is 0. The number of aryl methyl sites for hydroxylation is 1. The number of nitrogens with zero attached hydrogens (tertiary/aromatic N) is 2. The van der Waals surface area contributed by atoms with Gasteiger partial charge in [-0.3, -0.25) is 4.57 Å². The SMILES string of the molecule is CCOC(=O)c1c(C(F)(F)F)nc(=O)n(CCc2ccc(OC)cc2)c1C. The van der Waals surface area contributed by atoms with E-state index in [4.69, 9.17) is 9.47 Å². The lowest BCUT2D eigenvalue weighted by atomic mass is 10.1. The second-order valence-corrected chi connectivity index (χ2v) is 5.67. The fraction of sp³-hybridized carbons (Fsp3) is 0.389. The molecule has 0 saturated heterocycles. The second kappa shape index (κ2) is 8.24. The summed E-state index contributed by atoms with van der Waals surface area (Å²) in [5, 5.41) is 0. The molecule has 1 heterocycles. The lowest BCUT2D eigenvalue weighted by molar-refractivity contribution is -0.142. The number of hydrogen-bond donors (Lipinski definition) is 0. The topological polar surface area (TPSA) is 70.4 Å². The molecule has 1 aromatic heterocycles. The summed E-state index contributed by atoms with van der Waals surface area (Å²) in [6, 6.07) is 7.03. The number of ether oxygens (including phenoxy) is 2. The van der Waals surface area contributed by atoms with Crippen LogP contribution in [0.25, 0.3) is 0 Å². The highest BCUT2D eigenvalue weighted by molar-refractivity contribution is 5.92. The molecule has 0 aliphatic rings. The first-order valence-corrected chi connectivity index (χ1v) is 8.17. The fourth-order valence-electron chi connectivity index (χ4n) is 2.61. The van der Waals surface area contributed by atoms with Gasteiger partial charge in [0.1, 0.15) is 11.3 Å². The zero-order chi connectivity index (χ0) is 20.2. The number of hydrogen-bond acceptors (Lipinski definition) is 5. The second-order valence-electron chi connectivity index (χ2n) is 5.67. The van der Waals surface area contributed by atoms with E-state index in [1.165, 1.54) is 21.0 Å². The molecule has 0 aliphatic heterocycles. The molecular formula is C18H19F3N2O4. The predicted molar refractivity (Wildman–Crippen MR) is 90.9 cm³/mol. The molecule has 0 atom stereocenters. The predicted octanol–water partition coefficient (Wildman–Crippen LogP) is 3.00. The minimum absolute atomic E-state index is 0.0640. The number of rotatable bonds is 6. The summed E-state index contributed by atoms with van der Waals surface area (Å²) in [5.41, 5.74) is -2.61. The van der Waals surface area contributed by atoms with Crippen molar-refractivity contribution >= 4 is 5.97 Å². The van der Waals surface area contributed by atoms with Crippen molar-refractivity contribution in [1.82, 2.24) is 9.55 Å². The van der Waals surface area contributed by atoms with Crippen LogP contribution in [-0.4, -0.2) is 29.2 Å². The van der Waals surface area contributed by atoms with Crippen LogP contribution in [-0.2, 0) is 23.9 Å². The molecule has 9 heteroatoms. The molecule has 0 spiro atoms. The van der Waals surface area contributed by atoms with Gasteiger partial charge in [0.2, 0.25) is 0 Å². The van der Waals surface area contributed by atoms with Gasteiger partial charge in [0, 0.05) is 12.2 Å². The van der Waals surface area contributed by atoms with Gasteiger partial charge in [-0.2, -0.15) is 18.2 Å². The molecule has 0 N–H and O–H groups in total. The first-order valence-electron chi connectivity index (χ1n) is 8.17. The highest BCUT2D eigenvalue weighted by Gasteiger charge is 2.40. The summed E-state index contributed by atoms with van der Waals surface area (Å²) in [4.78, 5) is 27.3. The van der Waals surface area contributed by atoms with Crippen LogP contribution >= 0.6 is 0 Å². The van der Waals surface area contributed by atoms with E-state index in [1.54, 1.807) is 24.3 Å². The van der Waals surface area contributed by atoms with Crippen molar-refractivity contribution in [3.8, 4) is 5.75 Å². The van der Waals surface area contributed by atoms with E-state index in [2.05, 4.69) is 4.98 Å². The van der Waals surface area contributed by atoms with Gasteiger partial charge < -0.3 is 9.47 Å². The lowest BCUT2D eigenvalue weighted by Gasteiger charge is -2.17. The van der Waals surface area contributed by atoms with Crippen LogP contribution in [0, 0.1) is 6.92 Å². The van der Waals surface area contributed by atoms with Gasteiger partial charge in [-0.1, -0.05) is 12.1 Å². The van der Waals surface area contributed by atoms with Gasteiger partial charge >= 0.3 is 17.8 Å². The molecule has 0 radical (unpaired) electrons. The Morgan fingerprint density at radius 1 is 1.22 bits per heavy atom. The van der Waals surface area contributed by atoms with E-state index >= 15 is 0 Å². The molecule has 0 fully saturated rings. The number of aromatic nitrogens is 2.